The zero-order chi connectivity index (χ0) is 10.7. The molecule has 0 unspecified atom stereocenters. The van der Waals surface area contributed by atoms with Crippen LogP contribution in [0.4, 0.5) is 0 Å². The van der Waals surface area contributed by atoms with Crippen molar-refractivity contribution in [3.05, 3.63) is 30.2 Å². The van der Waals surface area contributed by atoms with Gasteiger partial charge in [-0.05, 0) is 18.4 Å². The predicted octanol–water partition coefficient (Wildman–Crippen LogP) is 1.95. The second-order valence-corrected chi connectivity index (χ2v) is 3.64. The summed E-state index contributed by atoms with van der Waals surface area (Å²) in [6, 6.07) is 3.49. The molecule has 0 aromatic carbocycles. The average Bonchev–Trinajstić information content (AvgIpc) is 2.77. The quantitative estimate of drug-likeness (QED) is 0.635. The molecule has 0 amide bonds. The molecule has 0 fully saturated rings. The third-order valence-electron chi connectivity index (χ3n) is 1.97. The van der Waals surface area contributed by atoms with E-state index in [2.05, 4.69) is 9.97 Å². The molecule has 0 saturated heterocycles. The lowest BCUT2D eigenvalue weighted by molar-refractivity contribution is 0.281. The Morgan fingerprint density at radius 2 is 2.33 bits per heavy atom. The van der Waals surface area contributed by atoms with Crippen LogP contribution in [0.3, 0.4) is 0 Å². The number of rotatable bonds is 3. The second-order valence-electron chi connectivity index (χ2n) is 2.86. The number of aliphatic hydroxyl groups is 1. The Kier molecular flexibility index (Phi) is 3.03. The van der Waals surface area contributed by atoms with Crippen LogP contribution in [0, 0.1) is 0 Å². The van der Waals surface area contributed by atoms with E-state index >= 15 is 0 Å². The van der Waals surface area contributed by atoms with Crippen molar-refractivity contribution >= 4 is 11.8 Å². The lowest BCUT2D eigenvalue weighted by Crippen LogP contribution is -1.90. The summed E-state index contributed by atoms with van der Waals surface area (Å²) >= 11 is 1.47. The largest absolute Gasteiger partial charge is 0.462 e. The van der Waals surface area contributed by atoms with Gasteiger partial charge in [0.05, 0.1) is 12.9 Å². The summed E-state index contributed by atoms with van der Waals surface area (Å²) in [7, 11) is 0. The third-order valence-corrected chi connectivity index (χ3v) is 2.53. The molecule has 0 radical (unpaired) electrons. The first-order chi connectivity index (χ1) is 7.35. The third kappa shape index (κ3) is 2.03. The molecule has 0 aliphatic carbocycles. The molecule has 2 rings (SSSR count). The normalized spacial score (nSPS) is 10.5. The molecule has 0 saturated carbocycles. The first kappa shape index (κ1) is 10.2. The Morgan fingerprint density at radius 1 is 1.47 bits per heavy atom. The zero-order valence-electron chi connectivity index (χ0n) is 8.17. The molecule has 0 spiro atoms. The van der Waals surface area contributed by atoms with Gasteiger partial charge >= 0.3 is 0 Å². The number of hydrogen-bond donors (Lipinski definition) is 1. The number of aromatic nitrogens is 2. The van der Waals surface area contributed by atoms with Gasteiger partial charge in [-0.25, -0.2) is 9.97 Å². The van der Waals surface area contributed by atoms with Gasteiger partial charge in [-0.1, -0.05) is 11.8 Å². The highest BCUT2D eigenvalue weighted by Gasteiger charge is 2.10. The lowest BCUT2D eigenvalue weighted by atomic mass is 10.2. The van der Waals surface area contributed by atoms with E-state index in [0.717, 1.165) is 5.56 Å². The van der Waals surface area contributed by atoms with E-state index in [0.29, 0.717) is 16.6 Å². The van der Waals surface area contributed by atoms with Gasteiger partial charge in [-0.3, -0.25) is 0 Å². The van der Waals surface area contributed by atoms with Gasteiger partial charge in [0.2, 0.25) is 0 Å². The van der Waals surface area contributed by atoms with Gasteiger partial charge in [0, 0.05) is 11.8 Å². The van der Waals surface area contributed by atoms with Gasteiger partial charge in [0.25, 0.3) is 0 Å². The van der Waals surface area contributed by atoms with E-state index in [1.54, 1.807) is 24.6 Å². The first-order valence-electron chi connectivity index (χ1n) is 4.40. The summed E-state index contributed by atoms with van der Waals surface area (Å²) in [5.74, 6) is 0.607. The fraction of sp³-hybridized carbons (Fsp3) is 0.200. The molecule has 2 aromatic rings. The van der Waals surface area contributed by atoms with Crippen molar-refractivity contribution in [3.8, 4) is 11.5 Å². The van der Waals surface area contributed by atoms with Crippen molar-refractivity contribution in [2.24, 2.45) is 0 Å². The maximum atomic E-state index is 9.09. The second kappa shape index (κ2) is 4.46. The topological polar surface area (TPSA) is 59.2 Å². The molecule has 1 N–H and O–H groups in total. The van der Waals surface area contributed by atoms with Crippen LogP contribution < -0.4 is 0 Å². The molecular formula is C10H10N2O2S. The van der Waals surface area contributed by atoms with Crippen LogP contribution in [0.25, 0.3) is 11.5 Å². The van der Waals surface area contributed by atoms with Gasteiger partial charge in [0.15, 0.2) is 10.9 Å². The van der Waals surface area contributed by atoms with E-state index in [9.17, 15) is 0 Å². The minimum atomic E-state index is -0.0512. The van der Waals surface area contributed by atoms with E-state index in [4.69, 9.17) is 9.52 Å². The minimum absolute atomic E-state index is 0.0512. The molecule has 0 atom stereocenters. The van der Waals surface area contributed by atoms with Crippen molar-refractivity contribution in [1.82, 2.24) is 9.97 Å². The maximum Gasteiger partial charge on any atom is 0.187 e. The first-order valence-corrected chi connectivity index (χ1v) is 5.62. The van der Waals surface area contributed by atoms with Gasteiger partial charge in [0.1, 0.15) is 5.69 Å². The minimum Gasteiger partial charge on any atom is -0.462 e. The average molecular weight is 222 g/mol. The van der Waals surface area contributed by atoms with E-state index in [-0.39, 0.29) is 6.61 Å². The van der Waals surface area contributed by atoms with E-state index in [1.165, 1.54) is 11.8 Å². The summed E-state index contributed by atoms with van der Waals surface area (Å²) in [4.78, 5) is 8.36. The standard InChI is InChI=1S/C10H10N2O2S/c1-15-10-11-4-2-8(12-10)9-7(6-13)3-5-14-9/h2-5,13H,6H2,1H3. The molecule has 0 aliphatic rings. The number of thioether (sulfide) groups is 1. The van der Waals surface area contributed by atoms with Crippen LogP contribution in [0.2, 0.25) is 0 Å². The van der Waals surface area contributed by atoms with Crippen LogP contribution in [0.1, 0.15) is 5.56 Å². The van der Waals surface area contributed by atoms with Gasteiger partial charge in [-0.15, -0.1) is 0 Å². The number of aliphatic hydroxyl groups excluding tert-OH is 1. The Labute approximate surface area is 91.4 Å². The van der Waals surface area contributed by atoms with Crippen LogP contribution in [0.5, 0.6) is 0 Å². The number of furan rings is 1. The zero-order valence-corrected chi connectivity index (χ0v) is 8.99. The molecule has 2 aromatic heterocycles. The molecule has 4 nitrogen and oxygen atoms in total. The molecule has 15 heavy (non-hydrogen) atoms. The van der Waals surface area contributed by atoms with E-state index in [1.807, 2.05) is 6.26 Å². The van der Waals surface area contributed by atoms with E-state index < -0.39 is 0 Å². The Bertz CT molecular complexity index is 456. The number of nitrogens with zero attached hydrogens (tertiary/aromatic N) is 2. The van der Waals surface area contributed by atoms with Gasteiger partial charge < -0.3 is 9.52 Å². The fourth-order valence-corrected chi connectivity index (χ4v) is 1.61. The highest BCUT2D eigenvalue weighted by molar-refractivity contribution is 7.98. The molecule has 0 aliphatic heterocycles. The molecule has 0 bridgehead atoms. The van der Waals surface area contributed by atoms with Crippen molar-refractivity contribution < 1.29 is 9.52 Å². The summed E-state index contributed by atoms with van der Waals surface area (Å²) in [5.41, 5.74) is 1.43. The Balaban J connectivity index is 2.44. The highest BCUT2D eigenvalue weighted by atomic mass is 32.2. The maximum absolute atomic E-state index is 9.09. The van der Waals surface area contributed by atoms with Crippen molar-refractivity contribution in [2.75, 3.05) is 6.26 Å². The molecular weight excluding hydrogens is 212 g/mol. The van der Waals surface area contributed by atoms with Crippen LogP contribution in [0.15, 0.2) is 34.2 Å². The lowest BCUT2D eigenvalue weighted by Gasteiger charge is -2.00. The van der Waals surface area contributed by atoms with Crippen LogP contribution >= 0.6 is 11.8 Å². The van der Waals surface area contributed by atoms with Crippen molar-refractivity contribution in [2.45, 2.75) is 11.8 Å². The summed E-state index contributed by atoms with van der Waals surface area (Å²) < 4.78 is 5.28. The Morgan fingerprint density at radius 3 is 3.07 bits per heavy atom. The van der Waals surface area contributed by atoms with Crippen LogP contribution in [-0.4, -0.2) is 21.3 Å². The van der Waals surface area contributed by atoms with Crippen molar-refractivity contribution in [3.63, 3.8) is 0 Å². The summed E-state index contributed by atoms with van der Waals surface area (Å²) in [5, 5.41) is 9.77. The number of hydrogen-bond acceptors (Lipinski definition) is 5. The monoisotopic (exact) mass is 222 g/mol. The highest BCUT2D eigenvalue weighted by Crippen LogP contribution is 2.24. The smallest absolute Gasteiger partial charge is 0.187 e. The predicted molar refractivity (Wildman–Crippen MR) is 57.4 cm³/mol. The molecule has 2 heterocycles. The van der Waals surface area contributed by atoms with Crippen molar-refractivity contribution in [1.29, 1.82) is 0 Å². The summed E-state index contributed by atoms with van der Waals surface area (Å²) in [6.45, 7) is -0.0512. The molecule has 78 valence electrons. The van der Waals surface area contributed by atoms with Gasteiger partial charge in [-0.2, -0.15) is 0 Å². The fourth-order valence-electron chi connectivity index (χ4n) is 1.25. The Hall–Kier alpha value is -1.33. The molecule has 5 heteroatoms. The SMILES string of the molecule is CSc1nccc(-c2occc2CO)n1. The summed E-state index contributed by atoms with van der Waals surface area (Å²) in [6.07, 6.45) is 5.13. The van der Waals surface area contributed by atoms with Crippen LogP contribution in [-0.2, 0) is 6.61 Å².